The van der Waals surface area contributed by atoms with Crippen molar-refractivity contribution in [1.82, 2.24) is 10.6 Å². The van der Waals surface area contributed by atoms with Gasteiger partial charge in [-0.3, -0.25) is 0 Å². The van der Waals surface area contributed by atoms with Gasteiger partial charge in [0.05, 0.1) is 19.8 Å². The predicted octanol–water partition coefficient (Wildman–Crippen LogP) is 2.84. The van der Waals surface area contributed by atoms with Crippen LogP contribution in [-0.2, 0) is 16.0 Å². The van der Waals surface area contributed by atoms with Crippen LogP contribution in [0.1, 0.15) is 25.3 Å². The summed E-state index contributed by atoms with van der Waals surface area (Å²) in [6.07, 6.45) is 2.06. The number of rotatable bonds is 11. The van der Waals surface area contributed by atoms with Crippen molar-refractivity contribution in [3.05, 3.63) is 34.9 Å². The van der Waals surface area contributed by atoms with E-state index in [1.54, 1.807) is 7.11 Å². The predicted molar refractivity (Wildman–Crippen MR) is 96.2 cm³/mol. The lowest BCUT2D eigenvalue weighted by molar-refractivity contribution is 0.0689. The standard InChI is InChI=1S/C17H28ClN3O2/c1-3-19-17(20-10-4-5-11-23-13-12-22-2)21-14-15-6-8-16(18)9-7-15/h6-9H,3-5,10-14H2,1-2H3,(H2,19,20,21). The molecule has 0 aliphatic rings. The van der Waals surface area contributed by atoms with E-state index in [9.17, 15) is 0 Å². The molecule has 0 saturated heterocycles. The molecular formula is C17H28ClN3O2. The van der Waals surface area contributed by atoms with Gasteiger partial charge in [-0.1, -0.05) is 23.7 Å². The van der Waals surface area contributed by atoms with Gasteiger partial charge in [0.25, 0.3) is 0 Å². The lowest BCUT2D eigenvalue weighted by atomic mass is 10.2. The molecule has 1 aromatic rings. The third kappa shape index (κ3) is 10.2. The molecule has 0 saturated carbocycles. The van der Waals surface area contributed by atoms with Crippen LogP contribution < -0.4 is 10.6 Å². The van der Waals surface area contributed by atoms with Crippen molar-refractivity contribution in [3.63, 3.8) is 0 Å². The van der Waals surface area contributed by atoms with Crippen LogP contribution in [0.4, 0.5) is 0 Å². The molecule has 23 heavy (non-hydrogen) atoms. The minimum Gasteiger partial charge on any atom is -0.382 e. The van der Waals surface area contributed by atoms with Crippen LogP contribution in [0, 0.1) is 0 Å². The number of ether oxygens (including phenoxy) is 2. The van der Waals surface area contributed by atoms with E-state index in [1.165, 1.54) is 0 Å². The first-order valence-electron chi connectivity index (χ1n) is 8.09. The van der Waals surface area contributed by atoms with Crippen LogP contribution in [-0.4, -0.2) is 46.0 Å². The van der Waals surface area contributed by atoms with E-state index in [1.807, 2.05) is 24.3 Å². The number of aliphatic imine (C=N–C) groups is 1. The molecule has 0 aliphatic carbocycles. The van der Waals surface area contributed by atoms with Gasteiger partial charge in [0.2, 0.25) is 0 Å². The number of nitrogens with zero attached hydrogens (tertiary/aromatic N) is 1. The zero-order valence-corrected chi connectivity index (χ0v) is 14.9. The Morgan fingerprint density at radius 3 is 2.57 bits per heavy atom. The van der Waals surface area contributed by atoms with Gasteiger partial charge in [0.1, 0.15) is 0 Å². The molecule has 6 heteroatoms. The van der Waals surface area contributed by atoms with Crippen molar-refractivity contribution in [2.45, 2.75) is 26.3 Å². The summed E-state index contributed by atoms with van der Waals surface area (Å²) >= 11 is 5.88. The lowest BCUT2D eigenvalue weighted by Gasteiger charge is -2.11. The monoisotopic (exact) mass is 341 g/mol. The summed E-state index contributed by atoms with van der Waals surface area (Å²) in [5.41, 5.74) is 1.14. The smallest absolute Gasteiger partial charge is 0.191 e. The van der Waals surface area contributed by atoms with E-state index in [0.717, 1.165) is 49.1 Å². The minimum absolute atomic E-state index is 0.632. The topological polar surface area (TPSA) is 54.9 Å². The number of methoxy groups -OCH3 is 1. The zero-order valence-electron chi connectivity index (χ0n) is 14.1. The van der Waals surface area contributed by atoms with Crippen molar-refractivity contribution >= 4 is 17.6 Å². The summed E-state index contributed by atoms with van der Waals surface area (Å²) in [7, 11) is 1.68. The van der Waals surface area contributed by atoms with Gasteiger partial charge in [-0.15, -0.1) is 0 Å². The Hall–Kier alpha value is -1.30. The fourth-order valence-electron chi connectivity index (χ4n) is 1.88. The van der Waals surface area contributed by atoms with Gasteiger partial charge < -0.3 is 20.1 Å². The molecule has 0 heterocycles. The van der Waals surface area contributed by atoms with Gasteiger partial charge in [0, 0.05) is 31.8 Å². The summed E-state index contributed by atoms with van der Waals surface area (Å²) in [4.78, 5) is 4.58. The largest absolute Gasteiger partial charge is 0.382 e. The molecular weight excluding hydrogens is 314 g/mol. The van der Waals surface area contributed by atoms with Crippen LogP contribution in [0.15, 0.2) is 29.3 Å². The number of nitrogens with one attached hydrogen (secondary N) is 2. The van der Waals surface area contributed by atoms with E-state index in [-0.39, 0.29) is 0 Å². The van der Waals surface area contributed by atoms with Gasteiger partial charge in [0.15, 0.2) is 5.96 Å². The third-order valence-electron chi connectivity index (χ3n) is 3.12. The number of halogens is 1. The molecule has 5 nitrogen and oxygen atoms in total. The van der Waals surface area contributed by atoms with Crippen molar-refractivity contribution in [2.24, 2.45) is 4.99 Å². The number of hydrogen-bond donors (Lipinski definition) is 2. The highest BCUT2D eigenvalue weighted by molar-refractivity contribution is 6.30. The van der Waals surface area contributed by atoms with Gasteiger partial charge in [-0.2, -0.15) is 0 Å². The summed E-state index contributed by atoms with van der Waals surface area (Å²) in [6.45, 7) is 6.49. The van der Waals surface area contributed by atoms with Gasteiger partial charge in [-0.25, -0.2) is 4.99 Å². The first kappa shape index (κ1) is 19.7. The molecule has 0 bridgehead atoms. The SMILES string of the molecule is CCNC(=NCc1ccc(Cl)cc1)NCCCCOCCOC. The maximum absolute atomic E-state index is 5.88. The zero-order chi connectivity index (χ0) is 16.8. The molecule has 0 amide bonds. The highest BCUT2D eigenvalue weighted by atomic mass is 35.5. The molecule has 2 N–H and O–H groups in total. The average Bonchev–Trinajstić information content (AvgIpc) is 2.56. The third-order valence-corrected chi connectivity index (χ3v) is 3.37. The van der Waals surface area contributed by atoms with E-state index in [0.29, 0.717) is 19.8 Å². The molecule has 0 aliphatic heterocycles. The van der Waals surface area contributed by atoms with Gasteiger partial charge >= 0.3 is 0 Å². The molecule has 130 valence electrons. The lowest BCUT2D eigenvalue weighted by Crippen LogP contribution is -2.37. The first-order valence-corrected chi connectivity index (χ1v) is 8.47. The molecule has 0 unspecified atom stereocenters. The van der Waals surface area contributed by atoms with Crippen LogP contribution >= 0.6 is 11.6 Å². The fourth-order valence-corrected chi connectivity index (χ4v) is 2.01. The fraction of sp³-hybridized carbons (Fsp3) is 0.588. The van der Waals surface area contributed by atoms with Gasteiger partial charge in [-0.05, 0) is 37.5 Å². The second kappa shape index (κ2) is 13.2. The van der Waals surface area contributed by atoms with Crippen molar-refractivity contribution in [1.29, 1.82) is 0 Å². The molecule has 0 fully saturated rings. The Morgan fingerprint density at radius 2 is 1.87 bits per heavy atom. The summed E-state index contributed by atoms with van der Waals surface area (Å²) in [5, 5.41) is 7.33. The molecule has 0 aromatic heterocycles. The van der Waals surface area contributed by atoms with Crippen LogP contribution in [0.5, 0.6) is 0 Å². The highest BCUT2D eigenvalue weighted by Crippen LogP contribution is 2.10. The Bertz CT molecular complexity index is 438. The molecule has 1 rings (SSSR count). The quantitative estimate of drug-likeness (QED) is 0.369. The highest BCUT2D eigenvalue weighted by Gasteiger charge is 1.98. The second-order valence-electron chi connectivity index (χ2n) is 5.06. The van der Waals surface area contributed by atoms with Crippen molar-refractivity contribution < 1.29 is 9.47 Å². The van der Waals surface area contributed by atoms with Crippen LogP contribution in [0.3, 0.4) is 0 Å². The Kier molecular flexibility index (Phi) is 11.3. The Labute approximate surface area is 144 Å². The summed E-state index contributed by atoms with van der Waals surface area (Å²) in [5.74, 6) is 0.836. The number of unbranched alkanes of at least 4 members (excludes halogenated alkanes) is 1. The molecule has 0 atom stereocenters. The molecule has 0 spiro atoms. The second-order valence-corrected chi connectivity index (χ2v) is 5.50. The summed E-state index contributed by atoms with van der Waals surface area (Å²) < 4.78 is 10.4. The number of guanidine groups is 1. The Morgan fingerprint density at radius 1 is 1.09 bits per heavy atom. The summed E-state index contributed by atoms with van der Waals surface area (Å²) in [6, 6.07) is 7.76. The Balaban J connectivity index is 2.23. The normalized spacial score (nSPS) is 11.5. The van der Waals surface area contributed by atoms with Crippen molar-refractivity contribution in [2.75, 3.05) is 40.0 Å². The van der Waals surface area contributed by atoms with E-state index < -0.39 is 0 Å². The van der Waals surface area contributed by atoms with E-state index >= 15 is 0 Å². The van der Waals surface area contributed by atoms with Crippen LogP contribution in [0.25, 0.3) is 0 Å². The maximum atomic E-state index is 5.88. The van der Waals surface area contributed by atoms with E-state index in [2.05, 4.69) is 22.5 Å². The van der Waals surface area contributed by atoms with Crippen molar-refractivity contribution in [3.8, 4) is 0 Å². The minimum atomic E-state index is 0.632. The number of hydrogen-bond acceptors (Lipinski definition) is 3. The number of benzene rings is 1. The van der Waals surface area contributed by atoms with Crippen LogP contribution in [0.2, 0.25) is 5.02 Å². The van der Waals surface area contributed by atoms with E-state index in [4.69, 9.17) is 21.1 Å². The average molecular weight is 342 g/mol. The molecule has 0 radical (unpaired) electrons. The maximum Gasteiger partial charge on any atom is 0.191 e. The molecule has 1 aromatic carbocycles. The first-order chi connectivity index (χ1) is 11.3.